The van der Waals surface area contributed by atoms with Crippen LogP contribution in [0.1, 0.15) is 30.0 Å². The molecule has 1 atom stereocenters. The molecule has 35 heavy (non-hydrogen) atoms. The molecule has 2 fully saturated rings. The van der Waals surface area contributed by atoms with Gasteiger partial charge in [-0.15, -0.1) is 0 Å². The predicted molar refractivity (Wildman–Crippen MR) is 140 cm³/mol. The standard InChI is InChI=1S/C27H36N4O3S/c1-29-17-19-30(20-18-29)22-26(24-10-6-3-7-11-24)28-27(32)25-12-15-31(16-13-25)35(33,34)21-14-23-8-4-2-5-9-23/h2-11,14,21,25-26H,12-13,15-20,22H2,1H3,(H,28,32)/b21-14+. The molecule has 0 saturated carbocycles. The maximum atomic E-state index is 13.2. The summed E-state index contributed by atoms with van der Waals surface area (Å²) in [6.07, 6.45) is 2.68. The number of likely N-dealkylation sites (N-methyl/N-ethyl adjacent to an activating group) is 1. The van der Waals surface area contributed by atoms with Crippen molar-refractivity contribution in [2.24, 2.45) is 5.92 Å². The summed E-state index contributed by atoms with van der Waals surface area (Å²) >= 11 is 0. The number of nitrogens with zero attached hydrogens (tertiary/aromatic N) is 3. The van der Waals surface area contributed by atoms with Crippen LogP contribution in [-0.2, 0) is 14.8 Å². The van der Waals surface area contributed by atoms with Gasteiger partial charge in [-0.2, -0.15) is 4.31 Å². The van der Waals surface area contributed by atoms with E-state index in [0.29, 0.717) is 25.9 Å². The van der Waals surface area contributed by atoms with Crippen LogP contribution >= 0.6 is 0 Å². The minimum absolute atomic E-state index is 0.0184. The first-order valence-electron chi connectivity index (χ1n) is 12.4. The number of benzene rings is 2. The van der Waals surface area contributed by atoms with E-state index in [4.69, 9.17) is 0 Å². The third-order valence-corrected chi connectivity index (χ3v) is 8.54. The van der Waals surface area contributed by atoms with Gasteiger partial charge in [-0.05, 0) is 37.1 Å². The summed E-state index contributed by atoms with van der Waals surface area (Å²) in [5, 5.41) is 4.55. The van der Waals surface area contributed by atoms with Gasteiger partial charge in [-0.1, -0.05) is 60.7 Å². The second kappa shape index (κ2) is 11.9. The van der Waals surface area contributed by atoms with Gasteiger partial charge in [0.25, 0.3) is 0 Å². The third-order valence-electron chi connectivity index (χ3n) is 6.97. The highest BCUT2D eigenvalue weighted by atomic mass is 32.2. The summed E-state index contributed by atoms with van der Waals surface area (Å²) in [6.45, 7) is 5.52. The normalized spacial score (nSPS) is 20.1. The molecule has 1 unspecified atom stereocenters. The zero-order chi connectivity index (χ0) is 24.7. The van der Waals surface area contributed by atoms with Gasteiger partial charge in [0.1, 0.15) is 0 Å². The molecule has 0 aliphatic carbocycles. The van der Waals surface area contributed by atoms with Gasteiger partial charge in [-0.25, -0.2) is 8.42 Å². The van der Waals surface area contributed by atoms with Gasteiger partial charge in [0.05, 0.1) is 6.04 Å². The van der Waals surface area contributed by atoms with Crippen LogP contribution in [0.15, 0.2) is 66.1 Å². The molecule has 8 heteroatoms. The molecule has 0 bridgehead atoms. The van der Waals surface area contributed by atoms with Crippen LogP contribution in [0.2, 0.25) is 0 Å². The van der Waals surface area contributed by atoms with Crippen LogP contribution < -0.4 is 5.32 Å². The molecule has 188 valence electrons. The Hall–Kier alpha value is -2.52. The highest BCUT2D eigenvalue weighted by Crippen LogP contribution is 2.23. The largest absolute Gasteiger partial charge is 0.348 e. The van der Waals surface area contributed by atoms with E-state index in [0.717, 1.165) is 43.9 Å². The van der Waals surface area contributed by atoms with Crippen LogP contribution in [0.4, 0.5) is 0 Å². The lowest BCUT2D eigenvalue weighted by molar-refractivity contribution is -0.127. The summed E-state index contributed by atoms with van der Waals surface area (Å²) < 4.78 is 27.0. The number of carbonyl (C=O) groups excluding carboxylic acids is 1. The van der Waals surface area contributed by atoms with Gasteiger partial charge in [0.2, 0.25) is 15.9 Å². The Bertz CT molecular complexity index is 1080. The monoisotopic (exact) mass is 496 g/mol. The number of carbonyl (C=O) groups is 1. The van der Waals surface area contributed by atoms with Gasteiger partial charge < -0.3 is 10.2 Å². The minimum Gasteiger partial charge on any atom is -0.348 e. The Labute approximate surface area is 209 Å². The van der Waals surface area contributed by atoms with E-state index in [2.05, 4.69) is 34.3 Å². The number of hydrogen-bond donors (Lipinski definition) is 1. The van der Waals surface area contributed by atoms with Crippen molar-refractivity contribution >= 4 is 22.0 Å². The van der Waals surface area contributed by atoms with Crippen molar-refractivity contribution in [1.29, 1.82) is 0 Å². The zero-order valence-electron chi connectivity index (χ0n) is 20.4. The van der Waals surface area contributed by atoms with Crippen molar-refractivity contribution in [3.63, 3.8) is 0 Å². The van der Waals surface area contributed by atoms with Crippen LogP contribution in [0.3, 0.4) is 0 Å². The smallest absolute Gasteiger partial charge is 0.236 e. The molecule has 2 heterocycles. The van der Waals surface area contributed by atoms with Gasteiger partial charge in [-0.3, -0.25) is 9.69 Å². The molecular weight excluding hydrogens is 460 g/mol. The van der Waals surface area contributed by atoms with E-state index in [9.17, 15) is 13.2 Å². The number of piperazine rings is 1. The number of sulfonamides is 1. The molecule has 4 rings (SSSR count). The lowest BCUT2D eigenvalue weighted by atomic mass is 9.96. The number of hydrogen-bond acceptors (Lipinski definition) is 5. The lowest BCUT2D eigenvalue weighted by Crippen LogP contribution is -2.49. The topological polar surface area (TPSA) is 73.0 Å². The van der Waals surface area contributed by atoms with E-state index in [1.165, 1.54) is 9.71 Å². The zero-order valence-corrected chi connectivity index (χ0v) is 21.2. The number of piperidine rings is 1. The van der Waals surface area contributed by atoms with Gasteiger partial charge in [0.15, 0.2) is 0 Å². The van der Waals surface area contributed by atoms with Crippen LogP contribution in [0, 0.1) is 5.92 Å². The van der Waals surface area contributed by atoms with Crippen molar-refractivity contribution in [1.82, 2.24) is 19.4 Å². The Morgan fingerprint density at radius 1 is 0.943 bits per heavy atom. The SMILES string of the molecule is CN1CCN(CC(NC(=O)C2CCN(S(=O)(=O)/C=C/c3ccccc3)CC2)c2ccccc2)CC1. The second-order valence-corrected chi connectivity index (χ2v) is 11.3. The van der Waals surface area contributed by atoms with Gasteiger partial charge in [0, 0.05) is 57.1 Å². The van der Waals surface area contributed by atoms with Crippen LogP contribution in [-0.4, -0.2) is 81.3 Å². The summed E-state index contributed by atoms with van der Waals surface area (Å²) in [4.78, 5) is 18.0. The summed E-state index contributed by atoms with van der Waals surface area (Å²) in [7, 11) is -1.37. The highest BCUT2D eigenvalue weighted by Gasteiger charge is 2.31. The van der Waals surface area contributed by atoms with E-state index >= 15 is 0 Å². The molecule has 2 saturated heterocycles. The molecule has 0 spiro atoms. The third kappa shape index (κ3) is 7.24. The molecule has 2 aliphatic rings. The molecule has 1 amide bonds. The number of rotatable bonds is 8. The molecule has 0 radical (unpaired) electrons. The molecule has 2 aromatic carbocycles. The summed E-state index contributed by atoms with van der Waals surface area (Å²) in [5.41, 5.74) is 1.95. The Morgan fingerprint density at radius 3 is 2.17 bits per heavy atom. The first kappa shape index (κ1) is 25.6. The second-order valence-electron chi connectivity index (χ2n) is 9.51. The Kier molecular flexibility index (Phi) is 8.73. The van der Waals surface area contributed by atoms with Crippen LogP contribution in [0.25, 0.3) is 6.08 Å². The quantitative estimate of drug-likeness (QED) is 0.609. The fourth-order valence-corrected chi connectivity index (χ4v) is 5.91. The first-order chi connectivity index (χ1) is 16.9. The number of amides is 1. The Balaban J connectivity index is 1.34. The molecular formula is C27H36N4O3S. The van der Waals surface area contributed by atoms with E-state index in [-0.39, 0.29) is 17.9 Å². The molecule has 2 aromatic rings. The van der Waals surface area contributed by atoms with E-state index in [1.54, 1.807) is 6.08 Å². The lowest BCUT2D eigenvalue weighted by Gasteiger charge is -2.36. The fourth-order valence-electron chi connectivity index (χ4n) is 4.69. The average Bonchev–Trinajstić information content (AvgIpc) is 2.89. The predicted octanol–water partition coefficient (Wildman–Crippen LogP) is 2.80. The molecule has 2 aliphatic heterocycles. The van der Waals surface area contributed by atoms with E-state index in [1.807, 2.05) is 48.5 Å². The van der Waals surface area contributed by atoms with E-state index < -0.39 is 10.0 Å². The first-order valence-corrected chi connectivity index (χ1v) is 13.9. The van der Waals surface area contributed by atoms with Crippen molar-refractivity contribution in [3.05, 3.63) is 77.2 Å². The van der Waals surface area contributed by atoms with Crippen molar-refractivity contribution in [2.75, 3.05) is 52.9 Å². The minimum atomic E-state index is -3.51. The summed E-state index contributed by atoms with van der Waals surface area (Å²) in [6, 6.07) is 19.4. The van der Waals surface area contributed by atoms with Crippen molar-refractivity contribution in [2.45, 2.75) is 18.9 Å². The maximum Gasteiger partial charge on any atom is 0.236 e. The number of nitrogens with one attached hydrogen (secondary N) is 1. The fraction of sp³-hybridized carbons (Fsp3) is 0.444. The van der Waals surface area contributed by atoms with Crippen molar-refractivity contribution < 1.29 is 13.2 Å². The highest BCUT2D eigenvalue weighted by molar-refractivity contribution is 7.92. The Morgan fingerprint density at radius 2 is 1.54 bits per heavy atom. The van der Waals surface area contributed by atoms with Crippen LogP contribution in [0.5, 0.6) is 0 Å². The summed E-state index contributed by atoms with van der Waals surface area (Å²) in [5.74, 6) is -0.164. The molecule has 1 N–H and O–H groups in total. The maximum absolute atomic E-state index is 13.2. The van der Waals surface area contributed by atoms with Crippen molar-refractivity contribution in [3.8, 4) is 0 Å². The molecule has 7 nitrogen and oxygen atoms in total. The van der Waals surface area contributed by atoms with Gasteiger partial charge >= 0.3 is 0 Å². The average molecular weight is 497 g/mol. The molecule has 0 aromatic heterocycles.